The van der Waals surface area contributed by atoms with E-state index in [0.717, 1.165) is 36.8 Å². The molecule has 1 unspecified atom stereocenters. The lowest BCUT2D eigenvalue weighted by molar-refractivity contribution is 0.193. The van der Waals surface area contributed by atoms with Crippen LogP contribution in [-0.2, 0) is 4.74 Å². The Kier molecular flexibility index (Phi) is 1.92. The summed E-state index contributed by atoms with van der Waals surface area (Å²) in [6, 6.07) is 3.88. The molecule has 1 aliphatic heterocycles. The molecule has 78 valence electrons. The molecule has 3 rings (SSSR count). The zero-order chi connectivity index (χ0) is 10.3. The van der Waals surface area contributed by atoms with Crippen molar-refractivity contribution in [3.8, 4) is 0 Å². The van der Waals surface area contributed by atoms with Gasteiger partial charge in [-0.1, -0.05) is 0 Å². The second-order valence-electron chi connectivity index (χ2n) is 3.86. The van der Waals surface area contributed by atoms with Crippen LogP contribution in [-0.4, -0.2) is 33.0 Å². The molecule has 0 bridgehead atoms. The Morgan fingerprint density at radius 1 is 1.40 bits per heavy atom. The van der Waals surface area contributed by atoms with Crippen molar-refractivity contribution in [2.24, 2.45) is 0 Å². The van der Waals surface area contributed by atoms with Crippen molar-refractivity contribution in [3.63, 3.8) is 0 Å². The fourth-order valence-electron chi connectivity index (χ4n) is 1.89. The van der Waals surface area contributed by atoms with Crippen LogP contribution in [0.4, 0.5) is 0 Å². The summed E-state index contributed by atoms with van der Waals surface area (Å²) in [5, 5.41) is 12.7. The quantitative estimate of drug-likeness (QED) is 0.693. The minimum atomic E-state index is 0.342. The van der Waals surface area contributed by atoms with Gasteiger partial charge in [0.15, 0.2) is 11.5 Å². The van der Waals surface area contributed by atoms with Crippen LogP contribution in [0.1, 0.15) is 23.9 Å². The molecular formula is C10H12N4O. The third-order valence-electron chi connectivity index (χ3n) is 2.72. The molecular weight excluding hydrogens is 192 g/mol. The van der Waals surface area contributed by atoms with Crippen LogP contribution in [0.25, 0.3) is 5.65 Å². The molecule has 0 saturated carbocycles. The zero-order valence-corrected chi connectivity index (χ0v) is 8.55. The Hall–Kier alpha value is -1.49. The number of hydrogen-bond acceptors (Lipinski definition) is 4. The van der Waals surface area contributed by atoms with E-state index in [1.54, 1.807) is 0 Å². The molecule has 1 aliphatic rings. The first-order chi connectivity index (χ1) is 7.34. The Bertz CT molecular complexity index is 487. The standard InChI is InChI=1S/C10H12N4O/c1-7-2-3-9-11-12-10(14(9)13-7)8-4-5-15-6-8/h2-3,8H,4-6H2,1H3. The lowest BCUT2D eigenvalue weighted by Gasteiger charge is -2.04. The summed E-state index contributed by atoms with van der Waals surface area (Å²) < 4.78 is 7.18. The molecule has 3 heterocycles. The van der Waals surface area contributed by atoms with Crippen LogP contribution >= 0.6 is 0 Å². The fraction of sp³-hybridized carbons (Fsp3) is 0.500. The molecule has 0 amide bonds. The summed E-state index contributed by atoms with van der Waals surface area (Å²) in [6.07, 6.45) is 1.01. The maximum absolute atomic E-state index is 5.35. The molecule has 5 nitrogen and oxygen atoms in total. The monoisotopic (exact) mass is 204 g/mol. The zero-order valence-electron chi connectivity index (χ0n) is 8.55. The average molecular weight is 204 g/mol. The van der Waals surface area contributed by atoms with Crippen molar-refractivity contribution < 1.29 is 4.74 Å². The van der Waals surface area contributed by atoms with Gasteiger partial charge in [-0.3, -0.25) is 0 Å². The second kappa shape index (κ2) is 3.27. The van der Waals surface area contributed by atoms with E-state index in [-0.39, 0.29) is 0 Å². The highest BCUT2D eigenvalue weighted by molar-refractivity contribution is 5.36. The number of aryl methyl sites for hydroxylation is 1. The van der Waals surface area contributed by atoms with Crippen molar-refractivity contribution in [1.29, 1.82) is 0 Å². The molecule has 1 atom stereocenters. The van der Waals surface area contributed by atoms with Gasteiger partial charge in [0.2, 0.25) is 0 Å². The van der Waals surface area contributed by atoms with Crippen LogP contribution in [0.5, 0.6) is 0 Å². The molecule has 0 N–H and O–H groups in total. The van der Waals surface area contributed by atoms with E-state index in [4.69, 9.17) is 4.74 Å². The predicted octanol–water partition coefficient (Wildman–Crippen LogP) is 0.937. The van der Waals surface area contributed by atoms with Crippen molar-refractivity contribution in [2.45, 2.75) is 19.3 Å². The SMILES string of the molecule is Cc1ccc2nnc(C3CCOC3)n2n1. The molecule has 2 aromatic heterocycles. The largest absolute Gasteiger partial charge is 0.381 e. The van der Waals surface area contributed by atoms with Gasteiger partial charge in [-0.15, -0.1) is 10.2 Å². The number of ether oxygens (including phenoxy) is 1. The lowest BCUT2D eigenvalue weighted by atomic mass is 10.1. The lowest BCUT2D eigenvalue weighted by Crippen LogP contribution is -2.06. The van der Waals surface area contributed by atoms with Gasteiger partial charge >= 0.3 is 0 Å². The van der Waals surface area contributed by atoms with Crippen LogP contribution in [0.2, 0.25) is 0 Å². The van der Waals surface area contributed by atoms with Gasteiger partial charge in [0, 0.05) is 12.5 Å². The number of hydrogen-bond donors (Lipinski definition) is 0. The van der Waals surface area contributed by atoms with Crippen LogP contribution in [0, 0.1) is 6.92 Å². The van der Waals surface area contributed by atoms with E-state index in [9.17, 15) is 0 Å². The summed E-state index contributed by atoms with van der Waals surface area (Å²) in [6.45, 7) is 3.51. The number of rotatable bonds is 1. The van der Waals surface area contributed by atoms with Crippen molar-refractivity contribution in [2.75, 3.05) is 13.2 Å². The van der Waals surface area contributed by atoms with Crippen molar-refractivity contribution in [3.05, 3.63) is 23.7 Å². The predicted molar refractivity (Wildman–Crippen MR) is 53.7 cm³/mol. The normalized spacial score (nSPS) is 21.3. The maximum Gasteiger partial charge on any atom is 0.177 e. The number of nitrogens with zero attached hydrogens (tertiary/aromatic N) is 4. The van der Waals surface area contributed by atoms with E-state index in [2.05, 4.69) is 15.3 Å². The Balaban J connectivity index is 2.13. The van der Waals surface area contributed by atoms with Crippen LogP contribution < -0.4 is 0 Å². The highest BCUT2D eigenvalue weighted by atomic mass is 16.5. The summed E-state index contributed by atoms with van der Waals surface area (Å²) in [7, 11) is 0. The Labute approximate surface area is 87.1 Å². The number of aromatic nitrogens is 4. The summed E-state index contributed by atoms with van der Waals surface area (Å²) >= 11 is 0. The Morgan fingerprint density at radius 2 is 2.33 bits per heavy atom. The van der Waals surface area contributed by atoms with Gasteiger partial charge < -0.3 is 4.74 Å². The minimum absolute atomic E-state index is 0.342. The summed E-state index contributed by atoms with van der Waals surface area (Å²) in [4.78, 5) is 0. The third kappa shape index (κ3) is 1.39. The van der Waals surface area contributed by atoms with Gasteiger partial charge in [0.25, 0.3) is 0 Å². The highest BCUT2D eigenvalue weighted by Gasteiger charge is 2.23. The van der Waals surface area contributed by atoms with Gasteiger partial charge in [0.1, 0.15) is 0 Å². The van der Waals surface area contributed by atoms with Gasteiger partial charge in [-0.25, -0.2) is 0 Å². The fourth-order valence-corrected chi connectivity index (χ4v) is 1.89. The van der Waals surface area contributed by atoms with Crippen molar-refractivity contribution in [1.82, 2.24) is 19.8 Å². The number of fused-ring (bicyclic) bond motifs is 1. The molecule has 2 aromatic rings. The molecule has 0 spiro atoms. The molecule has 5 heteroatoms. The van der Waals surface area contributed by atoms with Gasteiger partial charge in [0.05, 0.1) is 12.3 Å². The third-order valence-corrected chi connectivity index (χ3v) is 2.72. The maximum atomic E-state index is 5.35. The van der Waals surface area contributed by atoms with Gasteiger partial charge in [-0.2, -0.15) is 9.61 Å². The second-order valence-corrected chi connectivity index (χ2v) is 3.86. The van der Waals surface area contributed by atoms with E-state index < -0.39 is 0 Å². The molecule has 15 heavy (non-hydrogen) atoms. The first-order valence-corrected chi connectivity index (χ1v) is 5.11. The van der Waals surface area contributed by atoms with E-state index >= 15 is 0 Å². The Morgan fingerprint density at radius 3 is 3.13 bits per heavy atom. The summed E-state index contributed by atoms with van der Waals surface area (Å²) in [5.41, 5.74) is 1.78. The first-order valence-electron chi connectivity index (χ1n) is 5.11. The molecule has 0 radical (unpaired) electrons. The van der Waals surface area contributed by atoms with Crippen molar-refractivity contribution >= 4 is 5.65 Å². The van der Waals surface area contributed by atoms with E-state index in [0.29, 0.717) is 5.92 Å². The molecule has 0 aliphatic carbocycles. The average Bonchev–Trinajstić information content (AvgIpc) is 2.83. The van der Waals surface area contributed by atoms with Crippen LogP contribution in [0.15, 0.2) is 12.1 Å². The van der Waals surface area contributed by atoms with E-state index in [1.165, 1.54) is 0 Å². The first kappa shape index (κ1) is 8.79. The smallest absolute Gasteiger partial charge is 0.177 e. The van der Waals surface area contributed by atoms with Crippen LogP contribution in [0.3, 0.4) is 0 Å². The topological polar surface area (TPSA) is 52.3 Å². The highest BCUT2D eigenvalue weighted by Crippen LogP contribution is 2.23. The summed E-state index contributed by atoms with van der Waals surface area (Å²) in [5.74, 6) is 1.26. The van der Waals surface area contributed by atoms with E-state index in [1.807, 2.05) is 23.6 Å². The molecule has 1 fully saturated rings. The minimum Gasteiger partial charge on any atom is -0.381 e. The molecule has 1 saturated heterocycles. The molecule has 0 aromatic carbocycles. The van der Waals surface area contributed by atoms with Gasteiger partial charge in [-0.05, 0) is 25.5 Å².